The second-order valence-electron chi connectivity index (χ2n) is 5.99. The predicted molar refractivity (Wildman–Crippen MR) is 90.1 cm³/mol. The highest BCUT2D eigenvalue weighted by Crippen LogP contribution is 2.13. The predicted octanol–water partition coefficient (Wildman–Crippen LogP) is 2.09. The number of anilines is 1. The van der Waals surface area contributed by atoms with Gasteiger partial charge in [0.05, 0.1) is 12.5 Å². The summed E-state index contributed by atoms with van der Waals surface area (Å²) in [6.07, 6.45) is 5.36. The van der Waals surface area contributed by atoms with Gasteiger partial charge >= 0.3 is 0 Å². The van der Waals surface area contributed by atoms with Crippen LogP contribution in [-0.2, 0) is 9.59 Å². The average Bonchev–Trinajstić information content (AvgIpc) is 2.58. The van der Waals surface area contributed by atoms with E-state index in [1.165, 1.54) is 0 Å². The lowest BCUT2D eigenvalue weighted by Crippen LogP contribution is -2.40. The van der Waals surface area contributed by atoms with E-state index in [2.05, 4.69) is 27.7 Å². The molecule has 0 saturated carbocycles. The summed E-state index contributed by atoms with van der Waals surface area (Å²) in [6.45, 7) is 6.06. The van der Waals surface area contributed by atoms with E-state index in [0.29, 0.717) is 23.8 Å². The number of hydrazine groups is 1. The lowest BCUT2D eigenvalue weighted by Gasteiger charge is -2.19. The molecule has 3 N–H and O–H groups in total. The van der Waals surface area contributed by atoms with Crippen LogP contribution in [0.2, 0.25) is 0 Å². The highest BCUT2D eigenvalue weighted by atomic mass is 16.5. The van der Waals surface area contributed by atoms with Gasteiger partial charge in [0.2, 0.25) is 18.3 Å². The number of hydrogen-bond acceptors (Lipinski definition) is 6. The smallest absolute Gasteiger partial charge is 0.243 e. The Kier molecular flexibility index (Phi) is 8.70. The van der Waals surface area contributed by atoms with E-state index in [0.717, 1.165) is 25.0 Å². The Hall–Kier alpha value is -2.22. The first kappa shape index (κ1) is 19.8. The normalized spacial score (nSPS) is 11.9. The van der Waals surface area contributed by atoms with Crippen molar-refractivity contribution in [2.24, 2.45) is 5.92 Å². The quantitative estimate of drug-likeness (QED) is 0.247. The maximum absolute atomic E-state index is 12.3. The first-order valence-electron chi connectivity index (χ1n) is 8.27. The van der Waals surface area contributed by atoms with E-state index in [-0.39, 0.29) is 18.4 Å². The molecule has 0 aromatic carbocycles. The minimum Gasteiger partial charge on any atom is -0.286 e. The Morgan fingerprint density at radius 1 is 1.42 bits per heavy atom. The van der Waals surface area contributed by atoms with Crippen LogP contribution in [0.15, 0.2) is 12.3 Å². The minimum absolute atomic E-state index is 0.0480. The van der Waals surface area contributed by atoms with E-state index in [1.807, 2.05) is 19.9 Å². The van der Waals surface area contributed by atoms with Gasteiger partial charge in [0.15, 0.2) is 0 Å². The molecule has 0 aliphatic rings. The Morgan fingerprint density at radius 3 is 2.79 bits per heavy atom. The molecule has 0 unspecified atom stereocenters. The fraction of sp³-hybridized carbons (Fsp3) is 0.625. The largest absolute Gasteiger partial charge is 0.286 e. The first-order valence-corrected chi connectivity index (χ1v) is 8.27. The molecular formula is C16H27N5O3. The van der Waals surface area contributed by atoms with Gasteiger partial charge in [-0.25, -0.2) is 15.0 Å². The summed E-state index contributed by atoms with van der Waals surface area (Å²) in [5, 5.41) is 9.85. The van der Waals surface area contributed by atoms with Crippen molar-refractivity contribution in [1.82, 2.24) is 20.5 Å². The van der Waals surface area contributed by atoms with Gasteiger partial charge in [0.25, 0.3) is 0 Å². The van der Waals surface area contributed by atoms with Crippen LogP contribution in [0.1, 0.15) is 58.1 Å². The lowest BCUT2D eigenvalue weighted by molar-refractivity contribution is -0.154. The van der Waals surface area contributed by atoms with E-state index in [4.69, 9.17) is 0 Å². The molecule has 0 aliphatic carbocycles. The zero-order valence-corrected chi connectivity index (χ0v) is 14.5. The van der Waals surface area contributed by atoms with Crippen LogP contribution in [0.5, 0.6) is 0 Å². The van der Waals surface area contributed by atoms with Gasteiger partial charge in [0, 0.05) is 11.9 Å². The topological polar surface area (TPSA) is 107 Å². The van der Waals surface area contributed by atoms with Gasteiger partial charge in [-0.05, 0) is 18.4 Å². The number of aromatic nitrogens is 2. The number of nitrogens with zero attached hydrogens (tertiary/aromatic N) is 3. The maximum Gasteiger partial charge on any atom is 0.243 e. The number of hydroxylamine groups is 2. The maximum atomic E-state index is 12.3. The third-order valence-corrected chi connectivity index (χ3v) is 3.62. The molecule has 134 valence electrons. The van der Waals surface area contributed by atoms with Gasteiger partial charge in [-0.2, -0.15) is 0 Å². The number of rotatable bonds is 11. The molecule has 0 saturated heterocycles. The molecule has 2 amide bonds. The minimum atomic E-state index is -0.507. The van der Waals surface area contributed by atoms with Crippen molar-refractivity contribution in [2.75, 3.05) is 12.0 Å². The Morgan fingerprint density at radius 2 is 2.17 bits per heavy atom. The van der Waals surface area contributed by atoms with Crippen LogP contribution < -0.4 is 10.9 Å². The van der Waals surface area contributed by atoms with Crippen LogP contribution in [0.25, 0.3) is 0 Å². The summed E-state index contributed by atoms with van der Waals surface area (Å²) in [5.41, 5.74) is 6.11. The van der Waals surface area contributed by atoms with E-state index < -0.39 is 5.92 Å². The number of carbonyl (C=O) groups is 2. The Labute approximate surface area is 142 Å². The Bertz CT molecular complexity index is 524. The van der Waals surface area contributed by atoms with E-state index in [1.54, 1.807) is 6.20 Å². The third kappa shape index (κ3) is 6.91. The van der Waals surface area contributed by atoms with Gasteiger partial charge in [-0.3, -0.25) is 25.6 Å². The third-order valence-electron chi connectivity index (χ3n) is 3.62. The van der Waals surface area contributed by atoms with E-state index in [9.17, 15) is 14.8 Å². The summed E-state index contributed by atoms with van der Waals surface area (Å²) in [4.78, 5) is 31.2. The molecule has 1 aromatic heterocycles. The van der Waals surface area contributed by atoms with Gasteiger partial charge < -0.3 is 0 Å². The SMILES string of the molecule is CCCCC[C@H](CN(O)C=O)C(=O)NNc1nccc(C(C)C)n1. The van der Waals surface area contributed by atoms with Crippen molar-refractivity contribution >= 4 is 18.3 Å². The van der Waals surface area contributed by atoms with Gasteiger partial charge in [-0.15, -0.1) is 0 Å². The number of amides is 2. The standard InChI is InChI=1S/C16H27N5O3/c1-4-5-6-7-13(10-21(24)11-22)15(23)19-20-16-17-9-8-14(18-16)12(2)3/h8-9,11-13,24H,4-7,10H2,1-3H3,(H,19,23)(H,17,18,20)/t13-/m1/s1. The van der Waals surface area contributed by atoms with Crippen LogP contribution in [0.4, 0.5) is 5.95 Å². The van der Waals surface area contributed by atoms with Crippen molar-refractivity contribution in [3.05, 3.63) is 18.0 Å². The lowest BCUT2D eigenvalue weighted by atomic mass is 10.0. The van der Waals surface area contributed by atoms with Gasteiger partial charge in [0.1, 0.15) is 0 Å². The van der Waals surface area contributed by atoms with Crippen molar-refractivity contribution in [3.63, 3.8) is 0 Å². The Balaban J connectivity index is 2.62. The molecular weight excluding hydrogens is 310 g/mol. The second kappa shape index (κ2) is 10.5. The molecule has 0 fully saturated rings. The molecule has 1 aromatic rings. The fourth-order valence-corrected chi connectivity index (χ4v) is 2.19. The number of hydrogen-bond donors (Lipinski definition) is 3. The molecule has 8 nitrogen and oxygen atoms in total. The average molecular weight is 337 g/mol. The monoisotopic (exact) mass is 337 g/mol. The van der Waals surface area contributed by atoms with Crippen LogP contribution in [0.3, 0.4) is 0 Å². The molecule has 0 aliphatic heterocycles. The van der Waals surface area contributed by atoms with Crippen LogP contribution >= 0.6 is 0 Å². The summed E-state index contributed by atoms with van der Waals surface area (Å²) in [5.74, 6) is -0.266. The summed E-state index contributed by atoms with van der Waals surface area (Å²) < 4.78 is 0. The second-order valence-corrected chi connectivity index (χ2v) is 5.99. The van der Waals surface area contributed by atoms with E-state index >= 15 is 0 Å². The van der Waals surface area contributed by atoms with Gasteiger partial charge in [-0.1, -0.05) is 40.0 Å². The highest BCUT2D eigenvalue weighted by Gasteiger charge is 2.20. The number of nitrogens with one attached hydrogen (secondary N) is 2. The summed E-state index contributed by atoms with van der Waals surface area (Å²) in [7, 11) is 0. The molecule has 1 heterocycles. The molecule has 1 atom stereocenters. The first-order chi connectivity index (χ1) is 11.5. The van der Waals surface area contributed by atoms with Crippen LogP contribution in [0, 0.1) is 5.92 Å². The fourth-order valence-electron chi connectivity index (χ4n) is 2.19. The molecule has 8 heteroatoms. The summed E-state index contributed by atoms with van der Waals surface area (Å²) >= 11 is 0. The van der Waals surface area contributed by atoms with Crippen molar-refractivity contribution in [1.29, 1.82) is 0 Å². The number of unbranched alkanes of at least 4 members (excludes halogenated alkanes) is 2. The zero-order chi connectivity index (χ0) is 17.9. The molecule has 0 spiro atoms. The van der Waals surface area contributed by atoms with Crippen molar-refractivity contribution in [3.8, 4) is 0 Å². The molecule has 24 heavy (non-hydrogen) atoms. The van der Waals surface area contributed by atoms with Crippen molar-refractivity contribution < 1.29 is 14.8 Å². The number of carbonyl (C=O) groups excluding carboxylic acids is 2. The summed E-state index contributed by atoms with van der Waals surface area (Å²) in [6, 6.07) is 1.82. The van der Waals surface area contributed by atoms with Crippen molar-refractivity contribution in [2.45, 2.75) is 52.4 Å². The molecule has 1 rings (SSSR count). The molecule has 0 bridgehead atoms. The van der Waals surface area contributed by atoms with Crippen LogP contribution in [-0.4, -0.2) is 39.1 Å². The highest BCUT2D eigenvalue weighted by molar-refractivity contribution is 5.80. The zero-order valence-electron chi connectivity index (χ0n) is 14.5. The molecule has 0 radical (unpaired) electrons.